The number of carbonyl (C=O) groups excluding carboxylic acids is 2. The van der Waals surface area contributed by atoms with Crippen molar-refractivity contribution in [3.63, 3.8) is 0 Å². The summed E-state index contributed by atoms with van der Waals surface area (Å²) in [5, 5.41) is 0. The summed E-state index contributed by atoms with van der Waals surface area (Å²) in [7, 11) is 0. The van der Waals surface area contributed by atoms with Crippen molar-refractivity contribution < 1.29 is 14.3 Å². The van der Waals surface area contributed by atoms with Crippen LogP contribution in [0.2, 0.25) is 0 Å². The average Bonchev–Trinajstić information content (AvgIpc) is 2.82. The summed E-state index contributed by atoms with van der Waals surface area (Å²) in [6.45, 7) is 5.41. The average molecular weight is 283 g/mol. The van der Waals surface area contributed by atoms with E-state index in [-0.39, 0.29) is 18.0 Å². The highest BCUT2D eigenvalue weighted by molar-refractivity contribution is 7.13. The Balaban J connectivity index is 1.81. The first kappa shape index (κ1) is 13.8. The minimum atomic E-state index is -0.309. The standard InChI is InChI=1S/C12H17N3O3S/c1-8-7-15(5-6-18-8)12(17)14-13-11(16)10-4-3-9(2)19-10/h3-4,8H,5-7H2,1-2H3,(H,13,16)(H,14,17)/t8-/m0/s1. The van der Waals surface area contributed by atoms with Crippen LogP contribution in [-0.4, -0.2) is 42.6 Å². The van der Waals surface area contributed by atoms with E-state index in [2.05, 4.69) is 10.9 Å². The van der Waals surface area contributed by atoms with E-state index in [9.17, 15) is 9.59 Å². The van der Waals surface area contributed by atoms with Gasteiger partial charge in [0.05, 0.1) is 17.6 Å². The van der Waals surface area contributed by atoms with E-state index in [1.54, 1.807) is 11.0 Å². The number of hydrogen-bond acceptors (Lipinski definition) is 4. The molecule has 7 heteroatoms. The minimum absolute atomic E-state index is 0.0233. The van der Waals surface area contributed by atoms with Crippen LogP contribution in [0.25, 0.3) is 0 Å². The molecule has 1 fully saturated rings. The number of nitrogens with one attached hydrogen (secondary N) is 2. The van der Waals surface area contributed by atoms with E-state index in [0.29, 0.717) is 24.6 Å². The fraction of sp³-hybridized carbons (Fsp3) is 0.500. The van der Waals surface area contributed by atoms with Crippen LogP contribution in [-0.2, 0) is 4.74 Å². The van der Waals surface area contributed by atoms with Gasteiger partial charge in [0.1, 0.15) is 0 Å². The summed E-state index contributed by atoms with van der Waals surface area (Å²) in [5.41, 5.74) is 4.83. The molecule has 2 heterocycles. The third-order valence-electron chi connectivity index (χ3n) is 2.78. The lowest BCUT2D eigenvalue weighted by Gasteiger charge is -2.31. The Morgan fingerprint density at radius 3 is 2.84 bits per heavy atom. The summed E-state index contributed by atoms with van der Waals surface area (Å²) >= 11 is 1.39. The predicted molar refractivity (Wildman–Crippen MR) is 72.0 cm³/mol. The van der Waals surface area contributed by atoms with Gasteiger partial charge in [-0.2, -0.15) is 0 Å². The molecule has 2 rings (SSSR count). The molecule has 1 aliphatic heterocycles. The van der Waals surface area contributed by atoms with Gasteiger partial charge in [0.25, 0.3) is 5.91 Å². The normalized spacial score (nSPS) is 19.1. The van der Waals surface area contributed by atoms with Gasteiger partial charge in [0, 0.05) is 18.0 Å². The van der Waals surface area contributed by atoms with Crippen LogP contribution in [0.1, 0.15) is 21.5 Å². The number of urea groups is 1. The Hall–Kier alpha value is -1.60. The Bertz CT molecular complexity index is 475. The van der Waals surface area contributed by atoms with Gasteiger partial charge in [0.2, 0.25) is 0 Å². The highest BCUT2D eigenvalue weighted by Crippen LogP contribution is 2.14. The lowest BCUT2D eigenvalue weighted by atomic mass is 10.3. The number of rotatable bonds is 1. The first-order valence-corrected chi connectivity index (χ1v) is 6.91. The number of thiophene rings is 1. The maximum atomic E-state index is 11.8. The van der Waals surface area contributed by atoms with Crippen molar-refractivity contribution in [3.05, 3.63) is 21.9 Å². The molecule has 1 saturated heterocycles. The molecule has 0 bridgehead atoms. The molecule has 1 aromatic rings. The molecule has 0 aliphatic carbocycles. The zero-order chi connectivity index (χ0) is 13.8. The topological polar surface area (TPSA) is 70.7 Å². The molecule has 0 saturated carbocycles. The summed E-state index contributed by atoms with van der Waals surface area (Å²) in [6.07, 6.45) is 0.0233. The third kappa shape index (κ3) is 3.68. The van der Waals surface area contributed by atoms with Crippen LogP contribution < -0.4 is 10.9 Å². The number of ether oxygens (including phenoxy) is 1. The molecule has 1 aromatic heterocycles. The van der Waals surface area contributed by atoms with E-state index in [4.69, 9.17) is 4.74 Å². The van der Waals surface area contributed by atoms with Crippen molar-refractivity contribution in [1.29, 1.82) is 0 Å². The minimum Gasteiger partial charge on any atom is -0.375 e. The molecule has 0 spiro atoms. The largest absolute Gasteiger partial charge is 0.375 e. The summed E-state index contributed by atoms with van der Waals surface area (Å²) < 4.78 is 5.35. The van der Waals surface area contributed by atoms with Crippen molar-refractivity contribution in [1.82, 2.24) is 15.8 Å². The third-order valence-corrected chi connectivity index (χ3v) is 3.77. The number of nitrogens with zero attached hydrogens (tertiary/aromatic N) is 1. The molecule has 3 amide bonds. The highest BCUT2D eigenvalue weighted by atomic mass is 32.1. The van der Waals surface area contributed by atoms with Crippen molar-refractivity contribution in [3.8, 4) is 0 Å². The molecule has 0 aromatic carbocycles. The van der Waals surface area contributed by atoms with E-state index in [1.807, 2.05) is 19.9 Å². The van der Waals surface area contributed by atoms with Gasteiger partial charge in [-0.25, -0.2) is 10.2 Å². The highest BCUT2D eigenvalue weighted by Gasteiger charge is 2.21. The van der Waals surface area contributed by atoms with Gasteiger partial charge in [0.15, 0.2) is 0 Å². The van der Waals surface area contributed by atoms with Crippen molar-refractivity contribution >= 4 is 23.3 Å². The van der Waals surface area contributed by atoms with Crippen LogP contribution in [0.5, 0.6) is 0 Å². The van der Waals surface area contributed by atoms with E-state index < -0.39 is 0 Å². The molecule has 0 radical (unpaired) electrons. The molecule has 0 unspecified atom stereocenters. The van der Waals surface area contributed by atoms with Gasteiger partial charge in [-0.3, -0.25) is 10.2 Å². The Kier molecular flexibility index (Phi) is 4.39. The summed E-state index contributed by atoms with van der Waals surface area (Å²) in [4.78, 5) is 26.8. The number of amides is 3. The van der Waals surface area contributed by atoms with Crippen molar-refractivity contribution in [2.75, 3.05) is 19.7 Å². The molecule has 104 valence electrons. The SMILES string of the molecule is Cc1ccc(C(=O)NNC(=O)N2CCO[C@@H](C)C2)s1. The molecule has 1 atom stereocenters. The Labute approximate surface area is 115 Å². The van der Waals surface area contributed by atoms with Gasteiger partial charge < -0.3 is 9.64 Å². The lowest BCUT2D eigenvalue weighted by molar-refractivity contribution is -0.00390. The van der Waals surface area contributed by atoms with Gasteiger partial charge in [-0.15, -0.1) is 11.3 Å². The maximum absolute atomic E-state index is 11.8. The van der Waals surface area contributed by atoms with Crippen LogP contribution in [0.3, 0.4) is 0 Å². The zero-order valence-corrected chi connectivity index (χ0v) is 11.8. The van der Waals surface area contributed by atoms with E-state index in [1.165, 1.54) is 11.3 Å². The zero-order valence-electron chi connectivity index (χ0n) is 10.9. The molecule has 2 N–H and O–H groups in total. The smallest absolute Gasteiger partial charge is 0.336 e. The van der Waals surface area contributed by atoms with Crippen LogP contribution in [0.15, 0.2) is 12.1 Å². The first-order valence-electron chi connectivity index (χ1n) is 6.09. The monoisotopic (exact) mass is 283 g/mol. The number of carbonyl (C=O) groups is 2. The second-order valence-corrected chi connectivity index (χ2v) is 5.71. The Morgan fingerprint density at radius 2 is 2.21 bits per heavy atom. The molecule has 1 aliphatic rings. The van der Waals surface area contributed by atoms with E-state index in [0.717, 1.165) is 4.88 Å². The quantitative estimate of drug-likeness (QED) is 0.759. The van der Waals surface area contributed by atoms with Gasteiger partial charge in [-0.1, -0.05) is 0 Å². The molecular weight excluding hydrogens is 266 g/mol. The van der Waals surface area contributed by atoms with Gasteiger partial charge >= 0.3 is 6.03 Å². The second-order valence-electron chi connectivity index (χ2n) is 4.42. The van der Waals surface area contributed by atoms with Gasteiger partial charge in [-0.05, 0) is 26.0 Å². The predicted octanol–water partition coefficient (Wildman–Crippen LogP) is 1.13. The molecular formula is C12H17N3O3S. The first-order chi connectivity index (χ1) is 9.06. The lowest BCUT2D eigenvalue weighted by Crippen LogP contribution is -2.53. The van der Waals surface area contributed by atoms with Crippen LogP contribution in [0, 0.1) is 6.92 Å². The maximum Gasteiger partial charge on any atom is 0.336 e. The molecule has 6 nitrogen and oxygen atoms in total. The number of hydrogen-bond donors (Lipinski definition) is 2. The fourth-order valence-electron chi connectivity index (χ4n) is 1.81. The van der Waals surface area contributed by atoms with Crippen LogP contribution in [0.4, 0.5) is 4.79 Å². The molecule has 19 heavy (non-hydrogen) atoms. The van der Waals surface area contributed by atoms with Crippen molar-refractivity contribution in [2.24, 2.45) is 0 Å². The number of morpholine rings is 1. The summed E-state index contributed by atoms with van der Waals surface area (Å²) in [5.74, 6) is -0.298. The van der Waals surface area contributed by atoms with E-state index >= 15 is 0 Å². The van der Waals surface area contributed by atoms with Crippen LogP contribution >= 0.6 is 11.3 Å². The second kappa shape index (κ2) is 6.03. The number of aryl methyl sites for hydroxylation is 1. The fourth-order valence-corrected chi connectivity index (χ4v) is 2.57. The Morgan fingerprint density at radius 1 is 1.42 bits per heavy atom. The summed E-state index contributed by atoms with van der Waals surface area (Å²) in [6, 6.07) is 3.29. The van der Waals surface area contributed by atoms with Crippen molar-refractivity contribution in [2.45, 2.75) is 20.0 Å². The number of hydrazine groups is 1.